The van der Waals surface area contributed by atoms with Gasteiger partial charge in [0.2, 0.25) is 0 Å². The first kappa shape index (κ1) is 13.2. The molecule has 0 saturated heterocycles. The molecule has 16 heavy (non-hydrogen) atoms. The van der Waals surface area contributed by atoms with E-state index in [9.17, 15) is 9.18 Å². The van der Waals surface area contributed by atoms with E-state index in [0.29, 0.717) is 18.1 Å². The molecule has 1 rings (SSSR count). The highest BCUT2D eigenvalue weighted by molar-refractivity contribution is 8.00. The van der Waals surface area contributed by atoms with Crippen molar-refractivity contribution in [2.45, 2.75) is 31.6 Å². The van der Waals surface area contributed by atoms with Crippen LogP contribution in [0.25, 0.3) is 0 Å². The van der Waals surface area contributed by atoms with E-state index in [1.54, 1.807) is 6.07 Å². The average molecular weight is 240 g/mol. The van der Waals surface area contributed by atoms with E-state index in [4.69, 9.17) is 0 Å². The topological polar surface area (TPSA) is 17.1 Å². The van der Waals surface area contributed by atoms with E-state index in [-0.39, 0.29) is 11.6 Å². The van der Waals surface area contributed by atoms with Gasteiger partial charge in [0.25, 0.3) is 0 Å². The third kappa shape index (κ3) is 5.31. The van der Waals surface area contributed by atoms with Crippen molar-refractivity contribution in [3.8, 4) is 0 Å². The smallest absolute Gasteiger partial charge is 0.143 e. The van der Waals surface area contributed by atoms with Crippen molar-refractivity contribution in [1.82, 2.24) is 0 Å². The molecule has 0 N–H and O–H groups in total. The summed E-state index contributed by atoms with van der Waals surface area (Å²) in [4.78, 5) is 12.3. The number of ketones is 1. The van der Waals surface area contributed by atoms with Crippen molar-refractivity contribution >= 4 is 17.5 Å². The van der Waals surface area contributed by atoms with Gasteiger partial charge in [-0.05, 0) is 30.5 Å². The molecular weight excluding hydrogens is 223 g/mol. The molecule has 0 amide bonds. The summed E-state index contributed by atoms with van der Waals surface area (Å²) < 4.78 is 12.8. The van der Waals surface area contributed by atoms with Gasteiger partial charge in [-0.15, -0.1) is 11.8 Å². The second-order valence-electron chi connectivity index (χ2n) is 4.22. The number of halogens is 1. The number of hydrogen-bond donors (Lipinski definition) is 0. The number of carbonyl (C=O) groups excluding carboxylic acids is 1. The van der Waals surface area contributed by atoms with Crippen LogP contribution in [0.1, 0.15) is 26.7 Å². The Bertz CT molecular complexity index is 350. The van der Waals surface area contributed by atoms with E-state index in [2.05, 4.69) is 13.8 Å². The molecule has 3 heteroatoms. The van der Waals surface area contributed by atoms with Crippen LogP contribution in [-0.4, -0.2) is 11.5 Å². The number of benzene rings is 1. The molecule has 0 radical (unpaired) electrons. The van der Waals surface area contributed by atoms with Gasteiger partial charge in [-0.3, -0.25) is 4.79 Å². The Hall–Kier alpha value is -0.830. The first-order chi connectivity index (χ1) is 7.58. The van der Waals surface area contributed by atoms with Crippen LogP contribution in [0.2, 0.25) is 0 Å². The monoisotopic (exact) mass is 240 g/mol. The van der Waals surface area contributed by atoms with Crippen molar-refractivity contribution in [2.75, 3.05) is 5.75 Å². The van der Waals surface area contributed by atoms with Gasteiger partial charge >= 0.3 is 0 Å². The van der Waals surface area contributed by atoms with Crippen molar-refractivity contribution in [3.05, 3.63) is 30.1 Å². The fraction of sp³-hybridized carbons (Fsp3) is 0.462. The largest absolute Gasteiger partial charge is 0.299 e. The molecule has 0 unspecified atom stereocenters. The number of rotatable bonds is 6. The maximum absolute atomic E-state index is 12.8. The van der Waals surface area contributed by atoms with Gasteiger partial charge in [0.15, 0.2) is 0 Å². The van der Waals surface area contributed by atoms with Crippen molar-refractivity contribution in [2.24, 2.45) is 5.92 Å². The lowest BCUT2D eigenvalue weighted by atomic mass is 10.1. The van der Waals surface area contributed by atoms with Crippen LogP contribution in [0.4, 0.5) is 4.39 Å². The van der Waals surface area contributed by atoms with E-state index < -0.39 is 0 Å². The molecule has 0 aliphatic heterocycles. The molecule has 0 aliphatic rings. The summed E-state index contributed by atoms with van der Waals surface area (Å²) >= 11 is 1.40. The fourth-order valence-electron chi connectivity index (χ4n) is 1.24. The van der Waals surface area contributed by atoms with Gasteiger partial charge in [0.05, 0.1) is 5.75 Å². The van der Waals surface area contributed by atoms with Crippen molar-refractivity contribution in [1.29, 1.82) is 0 Å². The molecule has 0 aliphatic carbocycles. The standard InChI is InChI=1S/C13H17FOS/c1-10(2)6-7-12(15)9-16-13-5-3-4-11(14)8-13/h3-5,8,10H,6-7,9H2,1-2H3. The second kappa shape index (κ2) is 6.69. The Balaban J connectivity index is 2.31. The lowest BCUT2D eigenvalue weighted by Crippen LogP contribution is -2.03. The quantitative estimate of drug-likeness (QED) is 0.701. The highest BCUT2D eigenvalue weighted by Crippen LogP contribution is 2.19. The summed E-state index contributed by atoms with van der Waals surface area (Å²) in [5.41, 5.74) is 0. The summed E-state index contributed by atoms with van der Waals surface area (Å²) in [6.45, 7) is 4.21. The molecule has 0 heterocycles. The predicted octanol–water partition coefficient (Wildman–Crippen LogP) is 3.92. The lowest BCUT2D eigenvalue weighted by Gasteiger charge is -2.04. The minimum Gasteiger partial charge on any atom is -0.299 e. The molecule has 0 aromatic heterocycles. The summed E-state index contributed by atoms with van der Waals surface area (Å²) in [6.07, 6.45) is 1.56. The van der Waals surface area contributed by atoms with Gasteiger partial charge in [0.1, 0.15) is 11.6 Å². The zero-order valence-electron chi connectivity index (χ0n) is 9.70. The van der Waals surface area contributed by atoms with Crippen LogP contribution < -0.4 is 0 Å². The Morgan fingerprint density at radius 2 is 2.19 bits per heavy atom. The van der Waals surface area contributed by atoms with Crippen molar-refractivity contribution < 1.29 is 9.18 Å². The minimum atomic E-state index is -0.250. The molecule has 0 atom stereocenters. The second-order valence-corrected chi connectivity index (χ2v) is 5.27. The lowest BCUT2D eigenvalue weighted by molar-refractivity contribution is -0.116. The summed E-state index contributed by atoms with van der Waals surface area (Å²) in [5.74, 6) is 0.988. The minimum absolute atomic E-state index is 0.239. The average Bonchev–Trinajstić information content (AvgIpc) is 2.23. The molecule has 0 saturated carbocycles. The van der Waals surface area contributed by atoms with Crippen LogP contribution in [0.3, 0.4) is 0 Å². The summed E-state index contributed by atoms with van der Waals surface area (Å²) in [6, 6.07) is 6.35. The highest BCUT2D eigenvalue weighted by atomic mass is 32.2. The van der Waals surface area contributed by atoms with Gasteiger partial charge < -0.3 is 0 Å². The molecule has 1 aromatic rings. The van der Waals surface area contributed by atoms with E-state index >= 15 is 0 Å². The first-order valence-electron chi connectivity index (χ1n) is 5.48. The summed E-state index contributed by atoms with van der Waals surface area (Å²) in [5, 5.41) is 0. The molecule has 88 valence electrons. The van der Waals surface area contributed by atoms with Gasteiger partial charge in [-0.2, -0.15) is 0 Å². The molecule has 1 aromatic carbocycles. The van der Waals surface area contributed by atoms with Crippen LogP contribution in [0, 0.1) is 11.7 Å². The predicted molar refractivity (Wildman–Crippen MR) is 66.2 cm³/mol. The van der Waals surface area contributed by atoms with Gasteiger partial charge in [-0.25, -0.2) is 4.39 Å². The maximum atomic E-state index is 12.8. The number of carbonyl (C=O) groups is 1. The zero-order chi connectivity index (χ0) is 12.0. The molecule has 1 nitrogen and oxygen atoms in total. The maximum Gasteiger partial charge on any atom is 0.143 e. The van der Waals surface area contributed by atoms with Crippen LogP contribution >= 0.6 is 11.8 Å². The third-order valence-electron chi connectivity index (χ3n) is 2.20. The van der Waals surface area contributed by atoms with E-state index in [1.165, 1.54) is 23.9 Å². The molecule has 0 spiro atoms. The Morgan fingerprint density at radius 3 is 2.81 bits per heavy atom. The SMILES string of the molecule is CC(C)CCC(=O)CSc1cccc(F)c1. The molecule has 0 bridgehead atoms. The fourth-order valence-corrected chi connectivity index (χ4v) is 2.09. The van der Waals surface area contributed by atoms with E-state index in [1.807, 2.05) is 6.07 Å². The number of hydrogen-bond acceptors (Lipinski definition) is 2. The van der Waals surface area contributed by atoms with Gasteiger partial charge in [-0.1, -0.05) is 19.9 Å². The molecule has 0 fully saturated rings. The Kier molecular flexibility index (Phi) is 5.53. The van der Waals surface area contributed by atoms with Crippen LogP contribution in [0.15, 0.2) is 29.2 Å². The Labute approximate surface area is 100 Å². The highest BCUT2D eigenvalue weighted by Gasteiger charge is 2.05. The normalized spacial score (nSPS) is 10.8. The van der Waals surface area contributed by atoms with Gasteiger partial charge in [0, 0.05) is 11.3 Å². The summed E-state index contributed by atoms with van der Waals surface area (Å²) in [7, 11) is 0. The number of Topliss-reactive ketones (excluding diaryl/α,β-unsaturated/α-hetero) is 1. The van der Waals surface area contributed by atoms with Crippen LogP contribution in [-0.2, 0) is 4.79 Å². The third-order valence-corrected chi connectivity index (χ3v) is 3.25. The van der Waals surface area contributed by atoms with Crippen LogP contribution in [0.5, 0.6) is 0 Å². The molecular formula is C13H17FOS. The number of thioether (sulfide) groups is 1. The Morgan fingerprint density at radius 1 is 1.44 bits per heavy atom. The van der Waals surface area contributed by atoms with Crippen molar-refractivity contribution in [3.63, 3.8) is 0 Å². The zero-order valence-corrected chi connectivity index (χ0v) is 10.5. The van der Waals surface area contributed by atoms with E-state index in [0.717, 1.165) is 11.3 Å². The first-order valence-corrected chi connectivity index (χ1v) is 6.46.